The molecule has 1 aromatic rings. The van der Waals surface area contributed by atoms with Crippen LogP contribution in [-0.2, 0) is 0 Å². The van der Waals surface area contributed by atoms with Crippen molar-refractivity contribution in [2.24, 2.45) is 5.73 Å². The van der Waals surface area contributed by atoms with Gasteiger partial charge in [0, 0.05) is 13.6 Å². The standard InChI is InChI=1S/C7H12N4OS/c1-3-11(2)7-4(6(9)12)5(8)10-13-7/h3H2,1-2H3,(H2,8,10)(H2,9,12). The Kier molecular flexibility index (Phi) is 2.72. The second-order valence-electron chi connectivity index (χ2n) is 2.63. The van der Waals surface area contributed by atoms with Crippen LogP contribution in [0.5, 0.6) is 0 Å². The first-order valence-electron chi connectivity index (χ1n) is 3.84. The lowest BCUT2D eigenvalue weighted by atomic mass is 10.3. The Morgan fingerprint density at radius 2 is 2.31 bits per heavy atom. The van der Waals surface area contributed by atoms with Gasteiger partial charge >= 0.3 is 0 Å². The van der Waals surface area contributed by atoms with Gasteiger partial charge in [-0.3, -0.25) is 4.79 Å². The maximum absolute atomic E-state index is 11.0. The van der Waals surface area contributed by atoms with Crippen molar-refractivity contribution >= 4 is 28.3 Å². The molecule has 0 saturated heterocycles. The van der Waals surface area contributed by atoms with E-state index in [1.807, 2.05) is 18.9 Å². The van der Waals surface area contributed by atoms with Crippen LogP contribution >= 0.6 is 11.5 Å². The zero-order valence-corrected chi connectivity index (χ0v) is 8.39. The Morgan fingerprint density at radius 1 is 1.69 bits per heavy atom. The first-order chi connectivity index (χ1) is 6.07. The second kappa shape index (κ2) is 3.61. The lowest BCUT2D eigenvalue weighted by Gasteiger charge is -2.14. The summed E-state index contributed by atoms with van der Waals surface area (Å²) in [6.45, 7) is 2.75. The van der Waals surface area contributed by atoms with Gasteiger partial charge in [0.1, 0.15) is 10.6 Å². The SMILES string of the molecule is CCN(C)c1snc(N)c1C(N)=O. The molecular weight excluding hydrogens is 188 g/mol. The van der Waals surface area contributed by atoms with Gasteiger partial charge in [-0.15, -0.1) is 0 Å². The highest BCUT2D eigenvalue weighted by atomic mass is 32.1. The third-order valence-electron chi connectivity index (χ3n) is 1.77. The first kappa shape index (κ1) is 9.79. The van der Waals surface area contributed by atoms with Crippen molar-refractivity contribution in [2.75, 3.05) is 24.2 Å². The van der Waals surface area contributed by atoms with Crippen LogP contribution in [0.4, 0.5) is 10.8 Å². The molecule has 0 atom stereocenters. The third kappa shape index (κ3) is 1.72. The number of nitrogens with two attached hydrogens (primary N) is 2. The summed E-state index contributed by atoms with van der Waals surface area (Å²) in [7, 11) is 1.86. The molecule has 0 aliphatic carbocycles. The smallest absolute Gasteiger partial charge is 0.255 e. The van der Waals surface area contributed by atoms with Gasteiger partial charge in [-0.1, -0.05) is 0 Å². The highest BCUT2D eigenvalue weighted by Crippen LogP contribution is 2.28. The molecule has 0 aliphatic heterocycles. The number of primary amides is 1. The molecule has 1 rings (SSSR count). The van der Waals surface area contributed by atoms with Crippen LogP contribution in [0.1, 0.15) is 17.3 Å². The quantitative estimate of drug-likeness (QED) is 0.734. The van der Waals surface area contributed by atoms with Gasteiger partial charge in [0.05, 0.1) is 0 Å². The Labute approximate surface area is 80.5 Å². The molecule has 0 saturated carbocycles. The number of anilines is 2. The van der Waals surface area contributed by atoms with E-state index in [2.05, 4.69) is 4.37 Å². The van der Waals surface area contributed by atoms with Crippen molar-refractivity contribution in [1.82, 2.24) is 4.37 Å². The molecule has 0 fully saturated rings. The summed E-state index contributed by atoms with van der Waals surface area (Å²) in [5, 5.41) is 0.729. The highest BCUT2D eigenvalue weighted by molar-refractivity contribution is 7.11. The lowest BCUT2D eigenvalue weighted by molar-refractivity contribution is 0.100. The molecule has 0 bridgehead atoms. The molecule has 13 heavy (non-hydrogen) atoms. The normalized spacial score (nSPS) is 10.0. The van der Waals surface area contributed by atoms with Crippen molar-refractivity contribution < 1.29 is 4.79 Å². The van der Waals surface area contributed by atoms with Gasteiger partial charge in [0.15, 0.2) is 5.82 Å². The van der Waals surface area contributed by atoms with Crippen LogP contribution < -0.4 is 16.4 Å². The number of rotatable bonds is 3. The number of nitrogen functional groups attached to an aromatic ring is 1. The molecule has 1 aromatic heterocycles. The number of nitrogens with zero attached hydrogens (tertiary/aromatic N) is 2. The van der Waals surface area contributed by atoms with Gasteiger partial charge in [0.2, 0.25) is 0 Å². The number of hydrogen-bond donors (Lipinski definition) is 2. The van der Waals surface area contributed by atoms with Crippen LogP contribution in [0, 0.1) is 0 Å². The van der Waals surface area contributed by atoms with Crippen molar-refractivity contribution in [3.63, 3.8) is 0 Å². The molecule has 0 aliphatic rings. The Bertz CT molecular complexity index is 322. The van der Waals surface area contributed by atoms with E-state index in [0.717, 1.165) is 11.5 Å². The Morgan fingerprint density at radius 3 is 2.77 bits per heavy atom. The van der Waals surface area contributed by atoms with Crippen LogP contribution in [-0.4, -0.2) is 23.9 Å². The maximum Gasteiger partial charge on any atom is 0.255 e. The summed E-state index contributed by atoms with van der Waals surface area (Å²) in [5.41, 5.74) is 11.0. The fraction of sp³-hybridized carbons (Fsp3) is 0.429. The molecule has 72 valence electrons. The van der Waals surface area contributed by atoms with Crippen LogP contribution in [0.3, 0.4) is 0 Å². The minimum atomic E-state index is -0.526. The van der Waals surface area contributed by atoms with Crippen LogP contribution in [0.15, 0.2) is 0 Å². The summed E-state index contributed by atoms with van der Waals surface area (Å²) >= 11 is 1.19. The minimum Gasteiger partial charge on any atom is -0.382 e. The molecule has 6 heteroatoms. The number of aromatic nitrogens is 1. The molecular formula is C7H12N4OS. The average Bonchev–Trinajstić information content (AvgIpc) is 2.45. The minimum absolute atomic E-state index is 0.216. The molecule has 1 amide bonds. The molecule has 4 N–H and O–H groups in total. The van der Waals surface area contributed by atoms with Crippen molar-refractivity contribution in [2.45, 2.75) is 6.92 Å². The molecule has 0 aromatic carbocycles. The number of carbonyl (C=O) groups excluding carboxylic acids is 1. The van der Waals surface area contributed by atoms with Crippen molar-refractivity contribution in [3.05, 3.63) is 5.56 Å². The second-order valence-corrected chi connectivity index (χ2v) is 3.38. The predicted molar refractivity (Wildman–Crippen MR) is 54.0 cm³/mol. The summed E-state index contributed by atoms with van der Waals surface area (Å²) in [6.07, 6.45) is 0. The zero-order chi connectivity index (χ0) is 10.0. The maximum atomic E-state index is 11.0. The Balaban J connectivity index is 3.14. The number of amides is 1. The fourth-order valence-electron chi connectivity index (χ4n) is 0.929. The molecule has 1 heterocycles. The van der Waals surface area contributed by atoms with Gasteiger partial charge in [-0.2, -0.15) is 4.37 Å². The van der Waals surface area contributed by atoms with Gasteiger partial charge in [-0.05, 0) is 18.5 Å². The number of carbonyl (C=O) groups is 1. The zero-order valence-electron chi connectivity index (χ0n) is 7.57. The van der Waals surface area contributed by atoms with E-state index in [4.69, 9.17) is 11.5 Å². The van der Waals surface area contributed by atoms with E-state index < -0.39 is 5.91 Å². The molecule has 0 spiro atoms. The van der Waals surface area contributed by atoms with Crippen LogP contribution in [0.25, 0.3) is 0 Å². The molecule has 0 radical (unpaired) electrons. The third-order valence-corrected chi connectivity index (χ3v) is 2.74. The summed E-state index contributed by atoms with van der Waals surface area (Å²) in [5.74, 6) is -0.311. The van der Waals surface area contributed by atoms with E-state index >= 15 is 0 Å². The predicted octanol–water partition coefficient (Wildman–Crippen LogP) is 0.280. The van der Waals surface area contributed by atoms with Crippen LogP contribution in [0.2, 0.25) is 0 Å². The monoisotopic (exact) mass is 200 g/mol. The highest BCUT2D eigenvalue weighted by Gasteiger charge is 2.18. The van der Waals surface area contributed by atoms with E-state index in [9.17, 15) is 4.79 Å². The number of hydrogen-bond acceptors (Lipinski definition) is 5. The largest absolute Gasteiger partial charge is 0.382 e. The summed E-state index contributed by atoms with van der Waals surface area (Å²) in [6, 6.07) is 0. The van der Waals surface area contributed by atoms with Gasteiger partial charge in [0.25, 0.3) is 5.91 Å². The van der Waals surface area contributed by atoms with Gasteiger partial charge in [-0.25, -0.2) is 0 Å². The van der Waals surface area contributed by atoms with E-state index in [1.165, 1.54) is 11.5 Å². The van der Waals surface area contributed by atoms with Crippen molar-refractivity contribution in [1.29, 1.82) is 0 Å². The molecule has 0 unspecified atom stereocenters. The van der Waals surface area contributed by atoms with E-state index in [0.29, 0.717) is 5.56 Å². The van der Waals surface area contributed by atoms with Gasteiger partial charge < -0.3 is 16.4 Å². The van der Waals surface area contributed by atoms with E-state index in [1.54, 1.807) is 0 Å². The van der Waals surface area contributed by atoms with E-state index in [-0.39, 0.29) is 5.82 Å². The molecule has 5 nitrogen and oxygen atoms in total. The average molecular weight is 200 g/mol. The lowest BCUT2D eigenvalue weighted by Crippen LogP contribution is -2.20. The topological polar surface area (TPSA) is 85.2 Å². The Hall–Kier alpha value is -1.30. The summed E-state index contributed by atoms with van der Waals surface area (Å²) in [4.78, 5) is 12.9. The first-order valence-corrected chi connectivity index (χ1v) is 4.61. The summed E-state index contributed by atoms with van der Waals surface area (Å²) < 4.78 is 3.88. The fourth-order valence-corrected chi connectivity index (χ4v) is 1.77. The van der Waals surface area contributed by atoms with Crippen molar-refractivity contribution in [3.8, 4) is 0 Å².